The zero-order valence-corrected chi connectivity index (χ0v) is 24.6. The largest absolute Gasteiger partial charge is 0.471 e. The molecule has 0 saturated carbocycles. The van der Waals surface area contributed by atoms with Gasteiger partial charge in [-0.25, -0.2) is 9.78 Å². The van der Waals surface area contributed by atoms with Crippen LogP contribution in [0.25, 0.3) is 11.2 Å². The molecule has 1 aliphatic heterocycles. The fraction of sp³-hybridized carbons (Fsp3) is 0.387. The third-order valence-electron chi connectivity index (χ3n) is 6.91. The van der Waals surface area contributed by atoms with E-state index >= 15 is 0 Å². The standard InChI is InChI=1S/C31H37N7O5/c1-31(2,3)43-30(40)34-24-15-37(14-23(24)19-41-17-21-10-6-4-7-11-21)25(39)16-38-20-33-26-27(38)35-29(32)36-28(26)42-18-22-12-8-5-9-13-22/h4-13,20,23-24H,14-19H2,1-3H3,(H,34,40)(H2,32,35,36). The van der Waals surface area contributed by atoms with Crippen molar-refractivity contribution in [1.82, 2.24) is 29.7 Å². The summed E-state index contributed by atoms with van der Waals surface area (Å²) >= 11 is 0. The van der Waals surface area contributed by atoms with Gasteiger partial charge in [0.05, 0.1) is 25.6 Å². The number of ether oxygens (including phenoxy) is 3. The molecule has 0 bridgehead atoms. The fourth-order valence-electron chi connectivity index (χ4n) is 4.89. The average Bonchev–Trinajstić information content (AvgIpc) is 3.55. The second kappa shape index (κ2) is 13.1. The van der Waals surface area contributed by atoms with E-state index in [0.29, 0.717) is 37.5 Å². The van der Waals surface area contributed by atoms with Crippen LogP contribution in [0.1, 0.15) is 31.9 Å². The minimum atomic E-state index is -0.645. The molecule has 1 fully saturated rings. The van der Waals surface area contributed by atoms with Crippen molar-refractivity contribution in [3.63, 3.8) is 0 Å². The molecule has 12 heteroatoms. The van der Waals surface area contributed by atoms with Crippen molar-refractivity contribution in [2.75, 3.05) is 25.4 Å². The Kier molecular flexibility index (Phi) is 9.05. The Bertz CT molecular complexity index is 1540. The Labute approximate surface area is 250 Å². The smallest absolute Gasteiger partial charge is 0.407 e. The van der Waals surface area contributed by atoms with Gasteiger partial charge in [0.25, 0.3) is 0 Å². The number of rotatable bonds is 10. The zero-order valence-electron chi connectivity index (χ0n) is 24.6. The van der Waals surface area contributed by atoms with E-state index in [2.05, 4.69) is 20.3 Å². The SMILES string of the molecule is CC(C)(C)OC(=O)NC1CN(C(=O)Cn2cnc3c(OCc4ccccc4)nc(N)nc32)CC1COCc1ccccc1. The van der Waals surface area contributed by atoms with Crippen LogP contribution >= 0.6 is 0 Å². The summed E-state index contributed by atoms with van der Waals surface area (Å²) in [6.07, 6.45) is 0.995. The maximum atomic E-state index is 13.5. The third-order valence-corrected chi connectivity index (χ3v) is 6.91. The topological polar surface area (TPSA) is 147 Å². The Hall–Kier alpha value is -4.71. The molecule has 4 aromatic rings. The summed E-state index contributed by atoms with van der Waals surface area (Å²) in [6.45, 7) is 7.19. The number of hydrogen-bond acceptors (Lipinski definition) is 9. The molecule has 2 atom stereocenters. The number of carbonyl (C=O) groups excluding carboxylic acids is 2. The Morgan fingerprint density at radius 3 is 2.33 bits per heavy atom. The maximum Gasteiger partial charge on any atom is 0.407 e. The van der Waals surface area contributed by atoms with Gasteiger partial charge in [-0.05, 0) is 31.9 Å². The number of nitrogens with one attached hydrogen (secondary N) is 1. The number of amides is 2. The zero-order chi connectivity index (χ0) is 30.4. The number of fused-ring (bicyclic) bond motifs is 1. The summed E-state index contributed by atoms with van der Waals surface area (Å²) in [5.74, 6) is -0.0281. The van der Waals surface area contributed by atoms with E-state index in [-0.39, 0.29) is 42.8 Å². The van der Waals surface area contributed by atoms with Crippen molar-refractivity contribution in [2.24, 2.45) is 5.92 Å². The second-order valence-electron chi connectivity index (χ2n) is 11.5. The number of nitrogens with two attached hydrogens (primary N) is 1. The van der Waals surface area contributed by atoms with Crippen LogP contribution in [0.15, 0.2) is 67.0 Å². The second-order valence-corrected chi connectivity index (χ2v) is 11.5. The normalized spacial score (nSPS) is 16.8. The lowest BCUT2D eigenvalue weighted by Gasteiger charge is -2.24. The lowest BCUT2D eigenvalue weighted by atomic mass is 10.1. The first kappa shape index (κ1) is 29.8. The molecule has 3 heterocycles. The van der Waals surface area contributed by atoms with Crippen molar-refractivity contribution < 1.29 is 23.8 Å². The highest BCUT2D eigenvalue weighted by atomic mass is 16.6. The molecule has 5 rings (SSSR count). The molecule has 1 saturated heterocycles. The number of nitrogens with zero attached hydrogens (tertiary/aromatic N) is 5. The average molecular weight is 588 g/mol. The van der Waals surface area contributed by atoms with Gasteiger partial charge in [0.2, 0.25) is 17.7 Å². The van der Waals surface area contributed by atoms with E-state index < -0.39 is 11.7 Å². The van der Waals surface area contributed by atoms with Crippen molar-refractivity contribution in [3.05, 3.63) is 78.1 Å². The predicted octanol–water partition coefficient (Wildman–Crippen LogP) is 3.56. The first-order valence-electron chi connectivity index (χ1n) is 14.2. The molecule has 43 heavy (non-hydrogen) atoms. The quantitative estimate of drug-likeness (QED) is 0.284. The van der Waals surface area contributed by atoms with E-state index in [9.17, 15) is 9.59 Å². The van der Waals surface area contributed by atoms with Crippen LogP contribution < -0.4 is 15.8 Å². The van der Waals surface area contributed by atoms with E-state index in [1.165, 1.54) is 6.33 Å². The number of likely N-dealkylation sites (tertiary alicyclic amines) is 1. The van der Waals surface area contributed by atoms with Gasteiger partial charge in [-0.3, -0.25) is 4.79 Å². The van der Waals surface area contributed by atoms with Crippen LogP contribution in [0.3, 0.4) is 0 Å². The molecule has 2 aromatic heterocycles. The van der Waals surface area contributed by atoms with Crippen molar-refractivity contribution in [1.29, 1.82) is 0 Å². The van der Waals surface area contributed by atoms with Crippen LogP contribution in [0.5, 0.6) is 5.88 Å². The summed E-state index contributed by atoms with van der Waals surface area (Å²) in [7, 11) is 0. The molecule has 2 aromatic carbocycles. The number of hydrogen-bond donors (Lipinski definition) is 2. The number of imidazole rings is 1. The molecule has 1 aliphatic rings. The predicted molar refractivity (Wildman–Crippen MR) is 160 cm³/mol. The third kappa shape index (κ3) is 7.98. The molecule has 12 nitrogen and oxygen atoms in total. The van der Waals surface area contributed by atoms with Crippen LogP contribution in [-0.4, -0.2) is 67.8 Å². The van der Waals surface area contributed by atoms with Gasteiger partial charge >= 0.3 is 6.09 Å². The Morgan fingerprint density at radius 2 is 1.65 bits per heavy atom. The highest BCUT2D eigenvalue weighted by molar-refractivity contribution is 5.82. The van der Waals surface area contributed by atoms with E-state index in [1.807, 2.05) is 60.7 Å². The molecular weight excluding hydrogens is 550 g/mol. The van der Waals surface area contributed by atoms with Gasteiger partial charge in [0.15, 0.2) is 11.2 Å². The molecule has 0 spiro atoms. The summed E-state index contributed by atoms with van der Waals surface area (Å²) in [5.41, 5.74) is 8.16. The Morgan fingerprint density at radius 1 is 0.977 bits per heavy atom. The van der Waals surface area contributed by atoms with Gasteiger partial charge in [-0.2, -0.15) is 9.97 Å². The monoisotopic (exact) mass is 587 g/mol. The maximum absolute atomic E-state index is 13.5. The Balaban J connectivity index is 1.26. The van der Waals surface area contributed by atoms with Gasteiger partial charge in [0.1, 0.15) is 18.8 Å². The van der Waals surface area contributed by atoms with Gasteiger partial charge < -0.3 is 34.7 Å². The van der Waals surface area contributed by atoms with Crippen LogP contribution in [0, 0.1) is 5.92 Å². The number of aromatic nitrogens is 4. The number of anilines is 1. The molecule has 2 unspecified atom stereocenters. The molecule has 0 aliphatic carbocycles. The molecule has 3 N–H and O–H groups in total. The first-order chi connectivity index (χ1) is 20.6. The molecule has 2 amide bonds. The lowest BCUT2D eigenvalue weighted by Crippen LogP contribution is -2.44. The number of nitrogen functional groups attached to an aromatic ring is 1. The molecule has 0 radical (unpaired) electrons. The van der Waals surface area contributed by atoms with Gasteiger partial charge in [-0.15, -0.1) is 0 Å². The van der Waals surface area contributed by atoms with Crippen molar-refractivity contribution in [3.8, 4) is 5.88 Å². The highest BCUT2D eigenvalue weighted by Crippen LogP contribution is 2.24. The van der Waals surface area contributed by atoms with Crippen LogP contribution in [0.2, 0.25) is 0 Å². The lowest BCUT2D eigenvalue weighted by molar-refractivity contribution is -0.131. The van der Waals surface area contributed by atoms with Crippen LogP contribution in [-0.2, 0) is 34.0 Å². The molecular formula is C31H37N7O5. The van der Waals surface area contributed by atoms with E-state index in [0.717, 1.165) is 11.1 Å². The minimum Gasteiger partial charge on any atom is -0.471 e. The molecule has 226 valence electrons. The minimum absolute atomic E-state index is 0.0168. The van der Waals surface area contributed by atoms with Gasteiger partial charge in [0, 0.05) is 19.0 Å². The summed E-state index contributed by atoms with van der Waals surface area (Å²) in [4.78, 5) is 40.8. The van der Waals surface area contributed by atoms with Gasteiger partial charge in [-0.1, -0.05) is 60.7 Å². The summed E-state index contributed by atoms with van der Waals surface area (Å²) in [6, 6.07) is 19.2. The fourth-order valence-corrected chi connectivity index (χ4v) is 4.89. The number of carbonyl (C=O) groups is 2. The van der Waals surface area contributed by atoms with Crippen molar-refractivity contribution >= 4 is 29.1 Å². The van der Waals surface area contributed by atoms with Crippen LogP contribution in [0.4, 0.5) is 10.7 Å². The van der Waals surface area contributed by atoms with E-state index in [1.54, 1.807) is 30.2 Å². The van der Waals surface area contributed by atoms with E-state index in [4.69, 9.17) is 19.9 Å². The summed E-state index contributed by atoms with van der Waals surface area (Å²) < 4.78 is 19.0. The number of alkyl carbamates (subject to hydrolysis) is 1. The number of benzene rings is 2. The first-order valence-corrected chi connectivity index (χ1v) is 14.2. The highest BCUT2D eigenvalue weighted by Gasteiger charge is 2.37. The summed E-state index contributed by atoms with van der Waals surface area (Å²) in [5, 5.41) is 2.94. The van der Waals surface area contributed by atoms with Crippen molar-refractivity contribution in [2.45, 2.75) is 52.2 Å².